The SMILES string of the molecule is COc1ccc(Cl)cc1CC(=O)OCc1nc2ccccc2c(=O)n1CC#N. The van der Waals surface area contributed by atoms with Crippen molar-refractivity contribution in [2.45, 2.75) is 19.6 Å². The number of methoxy groups -OCH3 is 1. The maximum absolute atomic E-state index is 12.6. The summed E-state index contributed by atoms with van der Waals surface area (Å²) in [6, 6.07) is 13.7. The number of benzene rings is 2. The van der Waals surface area contributed by atoms with E-state index in [1.165, 1.54) is 11.7 Å². The van der Waals surface area contributed by atoms with Gasteiger partial charge in [-0.2, -0.15) is 5.26 Å². The van der Waals surface area contributed by atoms with Gasteiger partial charge in [0.15, 0.2) is 5.82 Å². The zero-order chi connectivity index (χ0) is 20.1. The van der Waals surface area contributed by atoms with Crippen molar-refractivity contribution in [3.63, 3.8) is 0 Å². The molecule has 0 saturated carbocycles. The lowest BCUT2D eigenvalue weighted by Crippen LogP contribution is -2.26. The normalized spacial score (nSPS) is 10.5. The number of halogens is 1. The number of nitriles is 1. The van der Waals surface area contributed by atoms with Crippen molar-refractivity contribution in [1.82, 2.24) is 9.55 Å². The second-order valence-electron chi connectivity index (χ2n) is 5.89. The van der Waals surface area contributed by atoms with E-state index in [1.54, 1.807) is 42.5 Å². The van der Waals surface area contributed by atoms with Gasteiger partial charge in [-0.25, -0.2) is 4.98 Å². The second kappa shape index (κ2) is 8.55. The lowest BCUT2D eigenvalue weighted by atomic mass is 10.1. The molecule has 0 saturated heterocycles. The van der Waals surface area contributed by atoms with Gasteiger partial charge >= 0.3 is 5.97 Å². The van der Waals surface area contributed by atoms with E-state index in [0.29, 0.717) is 27.2 Å². The summed E-state index contributed by atoms with van der Waals surface area (Å²) < 4.78 is 11.7. The average molecular weight is 398 g/mol. The van der Waals surface area contributed by atoms with Crippen LogP contribution in [-0.2, 0) is 29.1 Å². The van der Waals surface area contributed by atoms with Crippen molar-refractivity contribution < 1.29 is 14.3 Å². The summed E-state index contributed by atoms with van der Waals surface area (Å²) in [6.07, 6.45) is -0.0558. The third-order valence-electron chi connectivity index (χ3n) is 4.11. The van der Waals surface area contributed by atoms with Crippen LogP contribution in [0.25, 0.3) is 10.9 Å². The Morgan fingerprint density at radius 1 is 1.29 bits per heavy atom. The maximum Gasteiger partial charge on any atom is 0.310 e. The Balaban J connectivity index is 1.82. The summed E-state index contributed by atoms with van der Waals surface area (Å²) in [4.78, 5) is 29.2. The summed E-state index contributed by atoms with van der Waals surface area (Å²) >= 11 is 5.97. The molecule has 3 rings (SSSR count). The summed E-state index contributed by atoms with van der Waals surface area (Å²) in [5.74, 6) is 0.190. The van der Waals surface area contributed by atoms with Crippen LogP contribution >= 0.6 is 11.6 Å². The van der Waals surface area contributed by atoms with E-state index in [-0.39, 0.29) is 31.0 Å². The number of hydrogen-bond donors (Lipinski definition) is 0. The van der Waals surface area contributed by atoms with Crippen LogP contribution in [0.15, 0.2) is 47.3 Å². The van der Waals surface area contributed by atoms with Gasteiger partial charge in [0.1, 0.15) is 18.9 Å². The largest absolute Gasteiger partial charge is 0.496 e. The number of esters is 1. The number of carbonyl (C=O) groups is 1. The third-order valence-corrected chi connectivity index (χ3v) is 4.34. The summed E-state index contributed by atoms with van der Waals surface area (Å²) in [6.45, 7) is -0.421. The van der Waals surface area contributed by atoms with Gasteiger partial charge in [-0.05, 0) is 30.3 Å². The van der Waals surface area contributed by atoms with Crippen molar-refractivity contribution in [2.24, 2.45) is 0 Å². The predicted octanol–water partition coefficient (Wildman–Crippen LogP) is 2.87. The first kappa shape index (κ1) is 19.4. The molecule has 3 aromatic rings. The first-order valence-corrected chi connectivity index (χ1v) is 8.74. The Bertz CT molecular complexity index is 1130. The molecule has 0 radical (unpaired) electrons. The first-order valence-electron chi connectivity index (χ1n) is 8.37. The summed E-state index contributed by atoms with van der Waals surface area (Å²) in [5, 5.41) is 9.90. The van der Waals surface area contributed by atoms with E-state index < -0.39 is 5.97 Å². The number of rotatable bonds is 6. The molecule has 0 aliphatic rings. The fourth-order valence-corrected chi connectivity index (χ4v) is 2.99. The van der Waals surface area contributed by atoms with Gasteiger partial charge in [-0.3, -0.25) is 14.2 Å². The molecular formula is C20H16ClN3O4. The fourth-order valence-electron chi connectivity index (χ4n) is 2.79. The number of para-hydroxylation sites is 1. The van der Waals surface area contributed by atoms with Gasteiger partial charge in [0.25, 0.3) is 5.56 Å². The van der Waals surface area contributed by atoms with Gasteiger partial charge in [0.2, 0.25) is 0 Å². The molecule has 1 aromatic heterocycles. The van der Waals surface area contributed by atoms with E-state index in [2.05, 4.69) is 4.98 Å². The highest BCUT2D eigenvalue weighted by molar-refractivity contribution is 6.30. The Labute approximate surface area is 165 Å². The monoisotopic (exact) mass is 397 g/mol. The summed E-state index contributed by atoms with van der Waals surface area (Å²) in [5.41, 5.74) is 0.708. The zero-order valence-electron chi connectivity index (χ0n) is 15.0. The Hall–Kier alpha value is -3.37. The smallest absolute Gasteiger partial charge is 0.310 e. The zero-order valence-corrected chi connectivity index (χ0v) is 15.8. The van der Waals surface area contributed by atoms with Crippen LogP contribution in [0, 0.1) is 11.3 Å². The molecule has 0 unspecified atom stereocenters. The molecular weight excluding hydrogens is 382 g/mol. The average Bonchev–Trinajstić information content (AvgIpc) is 2.69. The van der Waals surface area contributed by atoms with Crippen LogP contribution in [0.2, 0.25) is 5.02 Å². The van der Waals surface area contributed by atoms with Crippen LogP contribution < -0.4 is 10.3 Å². The van der Waals surface area contributed by atoms with Gasteiger partial charge in [-0.15, -0.1) is 0 Å². The minimum absolute atomic E-state index is 0.0558. The third kappa shape index (κ3) is 4.13. The van der Waals surface area contributed by atoms with Crippen LogP contribution in [0.4, 0.5) is 0 Å². The molecule has 142 valence electrons. The van der Waals surface area contributed by atoms with E-state index in [0.717, 1.165) is 0 Å². The van der Waals surface area contributed by atoms with Crippen molar-refractivity contribution in [3.05, 3.63) is 69.2 Å². The van der Waals surface area contributed by atoms with Crippen molar-refractivity contribution in [1.29, 1.82) is 5.26 Å². The van der Waals surface area contributed by atoms with Crippen molar-refractivity contribution in [2.75, 3.05) is 7.11 Å². The highest BCUT2D eigenvalue weighted by Gasteiger charge is 2.15. The van der Waals surface area contributed by atoms with Crippen molar-refractivity contribution in [3.8, 4) is 11.8 Å². The second-order valence-corrected chi connectivity index (χ2v) is 6.32. The molecule has 1 heterocycles. The highest BCUT2D eigenvalue weighted by atomic mass is 35.5. The standard InChI is InChI=1S/C20H16ClN3O4/c1-27-17-7-6-14(21)10-13(17)11-19(25)28-12-18-23-16-5-3-2-4-15(16)20(26)24(18)9-8-22/h2-7,10H,9,11-12H2,1H3. The maximum atomic E-state index is 12.6. The molecule has 0 aliphatic carbocycles. The van der Waals surface area contributed by atoms with E-state index >= 15 is 0 Å². The molecule has 0 bridgehead atoms. The number of aromatic nitrogens is 2. The van der Waals surface area contributed by atoms with Gasteiger partial charge in [0.05, 0.1) is 30.5 Å². The van der Waals surface area contributed by atoms with Crippen LogP contribution in [0.1, 0.15) is 11.4 Å². The molecule has 0 amide bonds. The number of hydrogen-bond acceptors (Lipinski definition) is 6. The molecule has 0 fully saturated rings. The molecule has 0 aliphatic heterocycles. The number of carbonyl (C=O) groups excluding carboxylic acids is 1. The molecule has 8 heteroatoms. The van der Waals surface area contributed by atoms with Crippen molar-refractivity contribution >= 4 is 28.5 Å². The molecule has 2 aromatic carbocycles. The topological polar surface area (TPSA) is 94.2 Å². The Morgan fingerprint density at radius 3 is 2.82 bits per heavy atom. The van der Waals surface area contributed by atoms with E-state index in [1.807, 2.05) is 6.07 Å². The van der Waals surface area contributed by atoms with Gasteiger partial charge in [-0.1, -0.05) is 23.7 Å². The molecule has 0 atom stereocenters. The first-order chi connectivity index (χ1) is 13.5. The highest BCUT2D eigenvalue weighted by Crippen LogP contribution is 2.23. The molecule has 0 N–H and O–H groups in total. The Morgan fingerprint density at radius 2 is 2.07 bits per heavy atom. The molecule has 0 spiro atoms. The quantitative estimate of drug-likeness (QED) is 0.593. The van der Waals surface area contributed by atoms with Crippen LogP contribution in [0.3, 0.4) is 0 Å². The summed E-state index contributed by atoms with van der Waals surface area (Å²) in [7, 11) is 1.50. The molecule has 28 heavy (non-hydrogen) atoms. The lowest BCUT2D eigenvalue weighted by Gasteiger charge is -2.12. The van der Waals surface area contributed by atoms with E-state index in [4.69, 9.17) is 26.3 Å². The fraction of sp³-hybridized carbons (Fsp3) is 0.200. The Kier molecular flexibility index (Phi) is 5.92. The van der Waals surface area contributed by atoms with Gasteiger partial charge < -0.3 is 9.47 Å². The minimum Gasteiger partial charge on any atom is -0.496 e. The predicted molar refractivity (Wildman–Crippen MR) is 103 cm³/mol. The van der Waals surface area contributed by atoms with Crippen LogP contribution in [-0.4, -0.2) is 22.6 Å². The van der Waals surface area contributed by atoms with Gasteiger partial charge in [0, 0.05) is 10.6 Å². The minimum atomic E-state index is -0.536. The number of nitrogens with zero attached hydrogens (tertiary/aromatic N) is 3. The van der Waals surface area contributed by atoms with Crippen LogP contribution in [0.5, 0.6) is 5.75 Å². The number of fused-ring (bicyclic) bond motifs is 1. The number of ether oxygens (including phenoxy) is 2. The molecule has 7 nitrogen and oxygen atoms in total. The van der Waals surface area contributed by atoms with E-state index in [9.17, 15) is 9.59 Å². The lowest BCUT2D eigenvalue weighted by molar-refractivity contribution is -0.144.